The summed E-state index contributed by atoms with van der Waals surface area (Å²) < 4.78 is 17.7. The van der Waals surface area contributed by atoms with Crippen LogP contribution in [0, 0.1) is 6.57 Å². The largest absolute Gasteiger partial charge is 0.486 e. The van der Waals surface area contributed by atoms with Crippen LogP contribution in [0.25, 0.3) is 15.1 Å². The SMILES string of the molecule is [C-]#[N+][C@H]1C[C@@H](Nc2nc3c4c(ccc3s2)OCCO4)[C@@H](N)CO1. The van der Waals surface area contributed by atoms with Crippen LogP contribution >= 0.6 is 11.3 Å². The Balaban J connectivity index is 1.61. The molecule has 2 aliphatic rings. The van der Waals surface area contributed by atoms with Crippen molar-refractivity contribution >= 4 is 26.7 Å². The molecular weight excluding hydrogens is 316 g/mol. The van der Waals surface area contributed by atoms with Crippen LogP contribution in [0.3, 0.4) is 0 Å². The number of benzene rings is 1. The molecule has 0 bridgehead atoms. The van der Waals surface area contributed by atoms with Gasteiger partial charge >= 0.3 is 6.23 Å². The second-order valence-electron chi connectivity index (χ2n) is 5.52. The molecule has 0 unspecified atom stereocenters. The van der Waals surface area contributed by atoms with Crippen molar-refractivity contribution in [3.8, 4) is 11.5 Å². The fourth-order valence-corrected chi connectivity index (χ4v) is 3.70. The fourth-order valence-electron chi connectivity index (χ4n) is 2.77. The lowest BCUT2D eigenvalue weighted by Crippen LogP contribution is -2.49. The number of nitrogens with one attached hydrogen (secondary N) is 1. The molecule has 0 amide bonds. The third-order valence-electron chi connectivity index (χ3n) is 3.97. The van der Waals surface area contributed by atoms with E-state index in [1.165, 1.54) is 0 Å². The van der Waals surface area contributed by atoms with E-state index in [1.54, 1.807) is 11.3 Å². The predicted octanol–water partition coefficient (Wildman–Crippen LogP) is 1.84. The Morgan fingerprint density at radius 1 is 1.35 bits per heavy atom. The molecule has 0 radical (unpaired) electrons. The molecule has 3 N–H and O–H groups in total. The summed E-state index contributed by atoms with van der Waals surface area (Å²) in [7, 11) is 0. The smallest absolute Gasteiger partial charge is 0.329 e. The Morgan fingerprint density at radius 2 is 2.22 bits per heavy atom. The van der Waals surface area contributed by atoms with E-state index in [-0.39, 0.29) is 12.1 Å². The summed E-state index contributed by atoms with van der Waals surface area (Å²) in [6, 6.07) is 3.70. The molecule has 2 aromatic rings. The molecule has 3 atom stereocenters. The highest BCUT2D eigenvalue weighted by Crippen LogP contribution is 2.40. The highest BCUT2D eigenvalue weighted by atomic mass is 32.1. The Hall–Kier alpha value is -2.08. The minimum absolute atomic E-state index is 0.0311. The van der Waals surface area contributed by atoms with E-state index in [9.17, 15) is 0 Å². The van der Waals surface area contributed by atoms with Crippen LogP contribution < -0.4 is 20.5 Å². The zero-order valence-corrected chi connectivity index (χ0v) is 13.1. The standard InChI is InChI=1S/C15H16N4O3S/c1-17-12-6-9(8(16)7-22-12)18-15-19-13-11(23-15)3-2-10-14(13)21-5-4-20-10/h2-3,8-9,12H,4-7,16H2,(H,18,19)/t8-,9+,12+/m0/s1. The van der Waals surface area contributed by atoms with Gasteiger partial charge in [-0.25, -0.2) is 11.6 Å². The second-order valence-corrected chi connectivity index (χ2v) is 6.55. The molecule has 4 rings (SSSR count). The molecule has 1 aromatic heterocycles. The summed E-state index contributed by atoms with van der Waals surface area (Å²) in [6.07, 6.45) is 0.115. The minimum atomic E-state index is -0.439. The molecule has 2 aliphatic heterocycles. The number of hydrogen-bond donors (Lipinski definition) is 2. The maximum absolute atomic E-state index is 7.11. The number of rotatable bonds is 2. The van der Waals surface area contributed by atoms with Crippen molar-refractivity contribution in [2.75, 3.05) is 25.1 Å². The second kappa shape index (κ2) is 5.85. The van der Waals surface area contributed by atoms with Crippen LogP contribution in [0.4, 0.5) is 5.13 Å². The first-order valence-corrected chi connectivity index (χ1v) is 8.25. The van der Waals surface area contributed by atoms with E-state index in [0.29, 0.717) is 32.0 Å². The predicted molar refractivity (Wildman–Crippen MR) is 87.0 cm³/mol. The monoisotopic (exact) mass is 332 g/mol. The molecule has 3 heterocycles. The van der Waals surface area contributed by atoms with Crippen LogP contribution in [0.2, 0.25) is 0 Å². The van der Waals surface area contributed by atoms with Crippen molar-refractivity contribution in [1.82, 2.24) is 4.98 Å². The van der Waals surface area contributed by atoms with E-state index in [4.69, 9.17) is 26.5 Å². The average Bonchev–Trinajstić information content (AvgIpc) is 3.00. The van der Waals surface area contributed by atoms with Crippen molar-refractivity contribution in [3.05, 3.63) is 23.5 Å². The molecule has 23 heavy (non-hydrogen) atoms. The zero-order chi connectivity index (χ0) is 15.8. The molecule has 120 valence electrons. The van der Waals surface area contributed by atoms with Crippen molar-refractivity contribution < 1.29 is 14.2 Å². The first-order valence-electron chi connectivity index (χ1n) is 7.44. The fraction of sp³-hybridized carbons (Fsp3) is 0.467. The third kappa shape index (κ3) is 2.67. The molecule has 7 nitrogen and oxygen atoms in total. The summed E-state index contributed by atoms with van der Waals surface area (Å²) in [5, 5.41) is 4.13. The first kappa shape index (κ1) is 14.5. The van der Waals surface area contributed by atoms with Gasteiger partial charge in [0.2, 0.25) is 0 Å². The Bertz CT molecular complexity index is 772. The van der Waals surface area contributed by atoms with Crippen LogP contribution in [-0.4, -0.2) is 43.1 Å². The lowest BCUT2D eigenvalue weighted by atomic mass is 10.0. The maximum atomic E-state index is 7.11. The Morgan fingerprint density at radius 3 is 3.09 bits per heavy atom. The van der Waals surface area contributed by atoms with Gasteiger partial charge in [-0.3, -0.25) is 4.85 Å². The van der Waals surface area contributed by atoms with Crippen molar-refractivity contribution in [2.24, 2.45) is 5.73 Å². The molecule has 0 spiro atoms. The van der Waals surface area contributed by atoms with E-state index in [0.717, 1.165) is 21.1 Å². The molecular formula is C15H16N4O3S. The van der Waals surface area contributed by atoms with E-state index in [1.807, 2.05) is 12.1 Å². The maximum Gasteiger partial charge on any atom is 0.329 e. The van der Waals surface area contributed by atoms with Gasteiger partial charge in [-0.15, -0.1) is 0 Å². The lowest BCUT2D eigenvalue weighted by Gasteiger charge is -2.29. The number of aromatic nitrogens is 1. The summed E-state index contributed by atoms with van der Waals surface area (Å²) in [6.45, 7) is 8.58. The Kier molecular flexibility index (Phi) is 3.69. The number of hydrogen-bond acceptors (Lipinski definition) is 7. The molecule has 8 heteroatoms. The Labute approximate surface area is 137 Å². The molecule has 0 saturated carbocycles. The van der Waals surface area contributed by atoms with Gasteiger partial charge in [0, 0.05) is 6.04 Å². The highest BCUT2D eigenvalue weighted by molar-refractivity contribution is 7.22. The third-order valence-corrected chi connectivity index (χ3v) is 4.92. The van der Waals surface area contributed by atoms with Gasteiger partial charge in [0.15, 0.2) is 16.6 Å². The van der Waals surface area contributed by atoms with Crippen LogP contribution in [0.5, 0.6) is 11.5 Å². The summed E-state index contributed by atoms with van der Waals surface area (Å²) >= 11 is 1.54. The molecule has 1 fully saturated rings. The van der Waals surface area contributed by atoms with Crippen molar-refractivity contribution in [3.63, 3.8) is 0 Å². The van der Waals surface area contributed by atoms with Crippen LogP contribution in [0.1, 0.15) is 6.42 Å². The zero-order valence-electron chi connectivity index (χ0n) is 12.3. The number of anilines is 1. The number of thiazole rings is 1. The van der Waals surface area contributed by atoms with Crippen molar-refractivity contribution in [1.29, 1.82) is 0 Å². The number of fused-ring (bicyclic) bond motifs is 3. The average molecular weight is 332 g/mol. The van der Waals surface area contributed by atoms with Gasteiger partial charge < -0.3 is 25.3 Å². The molecule has 0 aliphatic carbocycles. The molecule has 1 saturated heterocycles. The van der Waals surface area contributed by atoms with E-state index in [2.05, 4.69) is 15.1 Å². The van der Waals surface area contributed by atoms with Gasteiger partial charge in [0.05, 0.1) is 23.8 Å². The van der Waals surface area contributed by atoms with Gasteiger partial charge in [0.1, 0.15) is 18.7 Å². The van der Waals surface area contributed by atoms with Gasteiger partial charge in [-0.2, -0.15) is 0 Å². The van der Waals surface area contributed by atoms with Gasteiger partial charge in [-0.05, 0) is 12.1 Å². The van der Waals surface area contributed by atoms with E-state index < -0.39 is 6.23 Å². The summed E-state index contributed by atoms with van der Waals surface area (Å²) in [5.41, 5.74) is 6.89. The number of nitrogens with zero attached hydrogens (tertiary/aromatic N) is 2. The lowest BCUT2D eigenvalue weighted by molar-refractivity contribution is 0.0269. The van der Waals surface area contributed by atoms with Gasteiger partial charge in [-0.1, -0.05) is 11.3 Å². The van der Waals surface area contributed by atoms with Crippen LogP contribution in [-0.2, 0) is 4.74 Å². The molecule has 1 aromatic carbocycles. The number of nitrogens with two attached hydrogens (primary N) is 1. The summed E-state index contributed by atoms with van der Waals surface area (Å²) in [5.74, 6) is 1.43. The van der Waals surface area contributed by atoms with Gasteiger partial charge in [0.25, 0.3) is 0 Å². The number of ether oxygens (including phenoxy) is 3. The van der Waals surface area contributed by atoms with Crippen molar-refractivity contribution in [2.45, 2.75) is 24.7 Å². The topological polar surface area (TPSA) is 83.0 Å². The minimum Gasteiger partial charge on any atom is -0.486 e. The normalized spacial score (nSPS) is 26.7. The van der Waals surface area contributed by atoms with E-state index >= 15 is 0 Å². The van der Waals surface area contributed by atoms with Crippen LogP contribution in [0.15, 0.2) is 12.1 Å². The highest BCUT2D eigenvalue weighted by Gasteiger charge is 2.32. The summed E-state index contributed by atoms with van der Waals surface area (Å²) in [4.78, 5) is 8.09. The first-order chi connectivity index (χ1) is 11.2. The quantitative estimate of drug-likeness (QED) is 0.817.